The van der Waals surface area contributed by atoms with E-state index in [1.54, 1.807) is 0 Å². The summed E-state index contributed by atoms with van der Waals surface area (Å²) >= 11 is 0. The Bertz CT molecular complexity index is 851. The molecule has 0 saturated carbocycles. The summed E-state index contributed by atoms with van der Waals surface area (Å²) in [6, 6.07) is 14.4. The van der Waals surface area contributed by atoms with Gasteiger partial charge in [0.1, 0.15) is 38.5 Å². The van der Waals surface area contributed by atoms with Gasteiger partial charge in [0.05, 0.1) is 17.7 Å². The fraction of sp³-hybridized carbons (Fsp3) is 0.381. The van der Waals surface area contributed by atoms with Crippen LogP contribution in [0.2, 0.25) is 0 Å². The predicted molar refractivity (Wildman–Crippen MR) is 109 cm³/mol. The van der Waals surface area contributed by atoms with Crippen LogP contribution in [0.15, 0.2) is 48.5 Å². The lowest BCUT2D eigenvalue weighted by Crippen LogP contribution is -3.29. The molecule has 1 heterocycles. The largest absolute Gasteiger partial charge is 0.495 e. The number of piperazine rings is 1. The fourth-order valence-electron chi connectivity index (χ4n) is 3.75. The zero-order valence-corrected chi connectivity index (χ0v) is 16.8. The van der Waals surface area contributed by atoms with Crippen LogP contribution in [0.25, 0.3) is 0 Å². The Morgan fingerprint density at radius 3 is 2.48 bits per heavy atom. The maximum atomic E-state index is 12.8. The zero-order valence-electron chi connectivity index (χ0n) is 16.8. The second kappa shape index (κ2) is 9.49. The van der Waals surface area contributed by atoms with Gasteiger partial charge in [-0.2, -0.15) is 0 Å². The molecule has 0 spiro atoms. The van der Waals surface area contributed by atoms with Crippen LogP contribution in [0.1, 0.15) is 12.5 Å². The third kappa shape index (κ3) is 5.30. The van der Waals surface area contributed by atoms with E-state index >= 15 is 0 Å². The third-order valence-electron chi connectivity index (χ3n) is 5.55. The smallest absolute Gasteiger partial charge is 0.282 e. The summed E-state index contributed by atoms with van der Waals surface area (Å²) in [6.45, 7) is 6.71. The number of nitro groups is 1. The van der Waals surface area contributed by atoms with E-state index in [0.29, 0.717) is 11.4 Å². The number of anilines is 1. The number of nitro benzene ring substituents is 1. The van der Waals surface area contributed by atoms with Gasteiger partial charge in [-0.25, -0.2) is 0 Å². The molecule has 0 radical (unpaired) electrons. The first-order chi connectivity index (χ1) is 14.0. The number of quaternary nitrogens is 2. The highest BCUT2D eigenvalue weighted by molar-refractivity contribution is 5.95. The monoisotopic (exact) mass is 400 g/mol. The van der Waals surface area contributed by atoms with Crippen LogP contribution in [0.3, 0.4) is 0 Å². The van der Waals surface area contributed by atoms with Gasteiger partial charge in [-0.05, 0) is 13.0 Å². The van der Waals surface area contributed by atoms with Crippen molar-refractivity contribution in [2.75, 3.05) is 38.6 Å². The first-order valence-corrected chi connectivity index (χ1v) is 9.83. The SMILES string of the molecule is COc1ccc([N+](=O)[O-])cc1NC(=O)[C@H](C)[NH+]1CC[NH+](Cc2ccccc2)CC1. The van der Waals surface area contributed by atoms with Gasteiger partial charge >= 0.3 is 0 Å². The van der Waals surface area contributed by atoms with Crippen molar-refractivity contribution in [2.45, 2.75) is 19.5 Å². The molecular formula is C21H28N4O4+2. The zero-order chi connectivity index (χ0) is 20.8. The predicted octanol–water partition coefficient (Wildman–Crippen LogP) is -0.0860. The van der Waals surface area contributed by atoms with Gasteiger partial charge in [0.2, 0.25) is 0 Å². The van der Waals surface area contributed by atoms with Gasteiger partial charge in [0.25, 0.3) is 11.6 Å². The van der Waals surface area contributed by atoms with Crippen LogP contribution >= 0.6 is 0 Å². The Morgan fingerprint density at radius 2 is 1.86 bits per heavy atom. The molecule has 0 bridgehead atoms. The van der Waals surface area contributed by atoms with Gasteiger partial charge in [-0.15, -0.1) is 0 Å². The van der Waals surface area contributed by atoms with E-state index in [1.165, 1.54) is 40.7 Å². The standard InChI is InChI=1S/C21H26N4O4/c1-16(21(26)22-19-14-18(25(27)28)8-9-20(19)29-2)24-12-10-23(11-13-24)15-17-6-4-3-5-7-17/h3-9,14,16H,10-13,15H2,1-2H3,(H,22,26)/p+2/t16-/m0/s1. The van der Waals surface area contributed by atoms with Crippen molar-refractivity contribution in [3.05, 3.63) is 64.2 Å². The van der Waals surface area contributed by atoms with E-state index in [4.69, 9.17) is 4.74 Å². The van der Waals surface area contributed by atoms with E-state index < -0.39 is 4.92 Å². The first-order valence-electron chi connectivity index (χ1n) is 9.83. The molecular weight excluding hydrogens is 372 g/mol. The maximum absolute atomic E-state index is 12.8. The quantitative estimate of drug-likeness (QED) is 0.448. The number of benzene rings is 2. The molecule has 1 fully saturated rings. The Labute approximate surface area is 170 Å². The number of nitrogens with one attached hydrogen (secondary N) is 3. The normalized spacial score (nSPS) is 19.9. The van der Waals surface area contributed by atoms with Crippen LogP contribution < -0.4 is 19.9 Å². The number of nitrogens with zero attached hydrogens (tertiary/aromatic N) is 1. The number of non-ortho nitro benzene ring substituents is 1. The minimum absolute atomic E-state index is 0.0840. The molecule has 1 amide bonds. The van der Waals surface area contributed by atoms with E-state index in [2.05, 4.69) is 29.6 Å². The summed E-state index contributed by atoms with van der Waals surface area (Å²) in [5.74, 6) is 0.244. The average molecular weight is 400 g/mol. The van der Waals surface area contributed by atoms with Crippen molar-refractivity contribution in [1.82, 2.24) is 0 Å². The lowest BCUT2D eigenvalue weighted by molar-refractivity contribution is -1.02. The number of carbonyl (C=O) groups is 1. The summed E-state index contributed by atoms with van der Waals surface area (Å²) in [6.07, 6.45) is 0. The summed E-state index contributed by atoms with van der Waals surface area (Å²) in [4.78, 5) is 26.1. The van der Waals surface area contributed by atoms with Crippen LogP contribution in [0.4, 0.5) is 11.4 Å². The van der Waals surface area contributed by atoms with E-state index in [0.717, 1.165) is 32.7 Å². The number of amides is 1. The Hall–Kier alpha value is -2.97. The van der Waals surface area contributed by atoms with E-state index in [-0.39, 0.29) is 17.6 Å². The molecule has 3 N–H and O–H groups in total. The van der Waals surface area contributed by atoms with Crippen LogP contribution in [-0.4, -0.2) is 50.2 Å². The lowest BCUT2D eigenvalue weighted by atomic mass is 10.1. The molecule has 154 valence electrons. The maximum Gasteiger partial charge on any atom is 0.282 e. The van der Waals surface area contributed by atoms with Crippen LogP contribution in [-0.2, 0) is 11.3 Å². The molecule has 1 aliphatic rings. The molecule has 0 aliphatic carbocycles. The Morgan fingerprint density at radius 1 is 1.17 bits per heavy atom. The highest BCUT2D eigenvalue weighted by Crippen LogP contribution is 2.28. The van der Waals surface area contributed by atoms with Crippen LogP contribution in [0.5, 0.6) is 5.75 Å². The summed E-state index contributed by atoms with van der Waals surface area (Å²) < 4.78 is 5.23. The molecule has 1 atom stereocenters. The van der Waals surface area contributed by atoms with Crippen LogP contribution in [0, 0.1) is 10.1 Å². The Kier molecular flexibility index (Phi) is 6.79. The van der Waals surface area contributed by atoms with Gasteiger partial charge in [-0.1, -0.05) is 30.3 Å². The molecule has 8 heteroatoms. The summed E-state index contributed by atoms with van der Waals surface area (Å²) in [5.41, 5.74) is 1.57. The molecule has 0 unspecified atom stereocenters. The summed E-state index contributed by atoms with van der Waals surface area (Å²) in [7, 11) is 1.47. The second-order valence-electron chi connectivity index (χ2n) is 7.42. The van der Waals surface area contributed by atoms with E-state index in [9.17, 15) is 14.9 Å². The molecule has 0 aromatic heterocycles. The van der Waals surface area contributed by atoms with Crippen molar-refractivity contribution >= 4 is 17.3 Å². The number of hydrogen-bond acceptors (Lipinski definition) is 4. The van der Waals surface area contributed by atoms with Gasteiger partial charge in [-0.3, -0.25) is 14.9 Å². The van der Waals surface area contributed by atoms with Crippen molar-refractivity contribution in [3.8, 4) is 5.75 Å². The van der Waals surface area contributed by atoms with Gasteiger partial charge < -0.3 is 19.9 Å². The van der Waals surface area contributed by atoms with Crippen molar-refractivity contribution in [3.63, 3.8) is 0 Å². The molecule has 8 nitrogen and oxygen atoms in total. The number of rotatable bonds is 7. The molecule has 2 aromatic rings. The highest BCUT2D eigenvalue weighted by Gasteiger charge is 2.31. The second-order valence-corrected chi connectivity index (χ2v) is 7.42. The number of carbonyl (C=O) groups excluding carboxylic acids is 1. The molecule has 2 aromatic carbocycles. The number of methoxy groups -OCH3 is 1. The van der Waals surface area contributed by atoms with Crippen molar-refractivity contribution in [2.24, 2.45) is 0 Å². The first kappa shape index (κ1) is 20.8. The minimum atomic E-state index is -0.488. The minimum Gasteiger partial charge on any atom is -0.495 e. The third-order valence-corrected chi connectivity index (χ3v) is 5.55. The topological polar surface area (TPSA) is 90.3 Å². The molecule has 3 rings (SSSR count). The number of ether oxygens (including phenoxy) is 1. The van der Waals surface area contributed by atoms with Gasteiger partial charge in [0.15, 0.2) is 6.04 Å². The molecule has 1 aliphatic heterocycles. The summed E-state index contributed by atoms with van der Waals surface area (Å²) in [5, 5.41) is 13.8. The van der Waals surface area contributed by atoms with Gasteiger partial charge in [0, 0.05) is 17.7 Å². The fourth-order valence-corrected chi connectivity index (χ4v) is 3.75. The average Bonchev–Trinajstić information content (AvgIpc) is 2.74. The van der Waals surface area contributed by atoms with Crippen molar-refractivity contribution in [1.29, 1.82) is 0 Å². The molecule has 1 saturated heterocycles. The molecule has 29 heavy (non-hydrogen) atoms. The highest BCUT2D eigenvalue weighted by atomic mass is 16.6. The number of hydrogen-bond donors (Lipinski definition) is 3. The van der Waals surface area contributed by atoms with E-state index in [1.807, 2.05) is 13.0 Å². The lowest BCUT2D eigenvalue weighted by Gasteiger charge is -2.32. The Balaban J connectivity index is 1.57. The van der Waals surface area contributed by atoms with Crippen molar-refractivity contribution < 1.29 is 24.3 Å².